The van der Waals surface area contributed by atoms with E-state index in [1.54, 1.807) is 12.1 Å². The van der Waals surface area contributed by atoms with Crippen LogP contribution in [0, 0.1) is 17.6 Å². The number of hydrogen-bond acceptors (Lipinski definition) is 6. The van der Waals surface area contributed by atoms with Crippen molar-refractivity contribution < 1.29 is 28.2 Å². The molecule has 0 bridgehead atoms. The van der Waals surface area contributed by atoms with E-state index in [9.17, 15) is 28.3 Å². The highest BCUT2D eigenvalue weighted by molar-refractivity contribution is 5.99. The second-order valence-electron chi connectivity index (χ2n) is 9.54. The maximum absolute atomic E-state index is 13.9. The third-order valence-electron chi connectivity index (χ3n) is 6.71. The van der Waals surface area contributed by atoms with Gasteiger partial charge in [-0.3, -0.25) is 24.1 Å². The monoisotopic (exact) mass is 534 g/mol. The summed E-state index contributed by atoms with van der Waals surface area (Å²) in [5, 5.41) is 14.6. The van der Waals surface area contributed by atoms with Gasteiger partial charge in [0.25, 0.3) is 11.8 Å². The molecule has 11 heteroatoms. The van der Waals surface area contributed by atoms with Crippen LogP contribution in [0.4, 0.5) is 8.78 Å². The van der Waals surface area contributed by atoms with Crippen molar-refractivity contribution in [2.24, 2.45) is 5.92 Å². The lowest BCUT2D eigenvalue weighted by Gasteiger charge is -2.37. The molecule has 0 aliphatic carbocycles. The number of fused-ring (bicyclic) bond motifs is 1. The summed E-state index contributed by atoms with van der Waals surface area (Å²) in [7, 11) is 1.65. The van der Waals surface area contributed by atoms with Crippen LogP contribution in [-0.4, -0.2) is 60.0 Å². The molecular weight excluding hydrogens is 498 g/mol. The third-order valence-corrected chi connectivity index (χ3v) is 6.71. The van der Waals surface area contributed by atoms with Crippen molar-refractivity contribution in [2.75, 3.05) is 38.5 Å². The normalized spacial score (nSPS) is 14.0. The van der Waals surface area contributed by atoms with E-state index >= 15 is 0 Å². The molecule has 2 N–H and O–H groups in total. The Kier molecular flexibility index (Phi) is 10.2. The van der Waals surface area contributed by atoms with Gasteiger partial charge in [0.15, 0.2) is 11.4 Å². The summed E-state index contributed by atoms with van der Waals surface area (Å²) < 4.78 is 34.1. The number of aromatic hydroxyl groups is 1. The molecule has 3 rings (SSSR count). The van der Waals surface area contributed by atoms with E-state index in [1.165, 1.54) is 28.3 Å². The first-order valence-electron chi connectivity index (χ1n) is 13.0. The number of pyridine rings is 1. The molecule has 0 fully saturated rings. The molecule has 1 unspecified atom stereocenters. The van der Waals surface area contributed by atoms with Gasteiger partial charge in [0, 0.05) is 51.2 Å². The Bertz CT molecular complexity index is 1200. The van der Waals surface area contributed by atoms with Crippen LogP contribution in [-0.2, 0) is 11.3 Å². The van der Waals surface area contributed by atoms with Crippen LogP contribution in [0.2, 0.25) is 0 Å². The van der Waals surface area contributed by atoms with Gasteiger partial charge in [-0.1, -0.05) is 39.2 Å². The molecule has 1 aromatic heterocycles. The number of nitrogens with one attached hydrogen (secondary N) is 1. The lowest BCUT2D eigenvalue weighted by atomic mass is 10.0. The van der Waals surface area contributed by atoms with Gasteiger partial charge in [-0.15, -0.1) is 0 Å². The van der Waals surface area contributed by atoms with Crippen LogP contribution in [0.25, 0.3) is 0 Å². The van der Waals surface area contributed by atoms with Crippen molar-refractivity contribution >= 4 is 11.8 Å². The number of carbonyl (C=O) groups is 2. The minimum absolute atomic E-state index is 0.0279. The molecule has 38 heavy (non-hydrogen) atoms. The van der Waals surface area contributed by atoms with E-state index in [-0.39, 0.29) is 24.5 Å². The Morgan fingerprint density at radius 2 is 1.97 bits per heavy atom. The summed E-state index contributed by atoms with van der Waals surface area (Å²) >= 11 is 0. The van der Waals surface area contributed by atoms with Crippen LogP contribution < -0.4 is 15.8 Å². The van der Waals surface area contributed by atoms with E-state index in [2.05, 4.69) is 19.2 Å². The summed E-state index contributed by atoms with van der Waals surface area (Å²) in [5.74, 6) is -3.31. The number of halogens is 2. The Labute approximate surface area is 221 Å². The average Bonchev–Trinajstić information content (AvgIpc) is 2.89. The molecule has 1 aromatic carbocycles. The third kappa shape index (κ3) is 6.89. The van der Waals surface area contributed by atoms with Crippen molar-refractivity contribution in [3.05, 3.63) is 63.1 Å². The van der Waals surface area contributed by atoms with E-state index in [1.807, 2.05) is 0 Å². The number of carbonyl (C=O) groups excluding carboxylic acids is 2. The minimum Gasteiger partial charge on any atom is -0.502 e. The number of rotatable bonds is 13. The van der Waals surface area contributed by atoms with Crippen LogP contribution in [0.3, 0.4) is 0 Å². The van der Waals surface area contributed by atoms with Gasteiger partial charge in [-0.25, -0.2) is 8.78 Å². The maximum atomic E-state index is 13.9. The van der Waals surface area contributed by atoms with Crippen molar-refractivity contribution in [2.45, 2.75) is 52.5 Å². The number of unbranched alkanes of at least 4 members (excludes halogenated alkanes) is 1. The standard InChI is InChI=1S/C27H36F2N4O5/c1-4-6-8-18(5-2)16-38-12-7-11-32-17-31(3)33-15-21(24(34)25(35)23(33)27(32)37)26(36)30-14-19-9-10-20(28)13-22(19)29/h9-10,13,15,18,35H,4-8,11-12,14,16-17H2,1-3H3,(H,30,36). The quantitative estimate of drug-likeness (QED) is 0.382. The lowest BCUT2D eigenvalue weighted by Crippen LogP contribution is -2.53. The molecule has 0 spiro atoms. The maximum Gasteiger partial charge on any atom is 0.277 e. The van der Waals surface area contributed by atoms with Crippen LogP contribution in [0.1, 0.15) is 72.4 Å². The van der Waals surface area contributed by atoms with Gasteiger partial charge in [0.05, 0.1) is 0 Å². The number of hydrogen-bond donors (Lipinski definition) is 2. The van der Waals surface area contributed by atoms with Crippen LogP contribution in [0.5, 0.6) is 5.75 Å². The Morgan fingerprint density at radius 3 is 2.66 bits per heavy atom. The second-order valence-corrected chi connectivity index (χ2v) is 9.54. The molecule has 1 aliphatic rings. The van der Waals surface area contributed by atoms with Gasteiger partial charge in [0.1, 0.15) is 23.9 Å². The fraction of sp³-hybridized carbons (Fsp3) is 0.519. The van der Waals surface area contributed by atoms with E-state index in [4.69, 9.17) is 4.74 Å². The molecule has 0 saturated carbocycles. The summed E-state index contributed by atoms with van der Waals surface area (Å²) in [6.07, 6.45) is 6.29. The molecule has 2 aromatic rings. The molecule has 9 nitrogen and oxygen atoms in total. The van der Waals surface area contributed by atoms with Crippen molar-refractivity contribution in [3.63, 3.8) is 0 Å². The predicted molar refractivity (Wildman–Crippen MR) is 139 cm³/mol. The zero-order valence-corrected chi connectivity index (χ0v) is 22.1. The highest BCUT2D eigenvalue weighted by atomic mass is 19.1. The van der Waals surface area contributed by atoms with Gasteiger partial charge >= 0.3 is 0 Å². The Morgan fingerprint density at radius 1 is 1.21 bits per heavy atom. The second kappa shape index (κ2) is 13.4. The van der Waals surface area contributed by atoms with Gasteiger partial charge in [0.2, 0.25) is 5.43 Å². The summed E-state index contributed by atoms with van der Waals surface area (Å²) in [6, 6.07) is 2.93. The molecular formula is C27H36F2N4O5. The average molecular weight is 535 g/mol. The molecule has 208 valence electrons. The molecule has 0 radical (unpaired) electrons. The number of nitrogens with zero attached hydrogens (tertiary/aromatic N) is 3. The number of amides is 2. The van der Waals surface area contributed by atoms with E-state index in [0.29, 0.717) is 38.2 Å². The van der Waals surface area contributed by atoms with Crippen LogP contribution >= 0.6 is 0 Å². The van der Waals surface area contributed by atoms with Crippen LogP contribution in [0.15, 0.2) is 29.2 Å². The fourth-order valence-corrected chi connectivity index (χ4v) is 4.36. The van der Waals surface area contributed by atoms with Gasteiger partial charge < -0.3 is 20.1 Å². The smallest absolute Gasteiger partial charge is 0.277 e. The molecule has 0 saturated heterocycles. The predicted octanol–water partition coefficient (Wildman–Crippen LogP) is 3.37. The topological polar surface area (TPSA) is 104 Å². The molecule has 2 amide bonds. The van der Waals surface area contributed by atoms with Gasteiger partial charge in [-0.05, 0) is 24.8 Å². The SMILES string of the molecule is CCCCC(CC)COCCCN1CN(C)n2cc(C(=O)NCc3ccc(F)cc3F)c(=O)c(O)c2C1=O. The lowest BCUT2D eigenvalue weighted by molar-refractivity contribution is 0.0620. The van der Waals surface area contributed by atoms with Crippen molar-refractivity contribution in [1.82, 2.24) is 14.9 Å². The summed E-state index contributed by atoms with van der Waals surface area (Å²) in [6.45, 7) is 5.73. The first-order valence-corrected chi connectivity index (χ1v) is 13.0. The Balaban J connectivity index is 1.64. The minimum atomic E-state index is -1.02. The largest absolute Gasteiger partial charge is 0.502 e. The van der Waals surface area contributed by atoms with E-state index < -0.39 is 40.2 Å². The number of aromatic nitrogens is 1. The highest BCUT2D eigenvalue weighted by Crippen LogP contribution is 2.21. The molecule has 1 atom stereocenters. The Hall–Kier alpha value is -3.47. The van der Waals surface area contributed by atoms with E-state index in [0.717, 1.165) is 25.3 Å². The summed E-state index contributed by atoms with van der Waals surface area (Å²) in [5.41, 5.74) is -1.64. The molecule has 2 heterocycles. The van der Waals surface area contributed by atoms with Gasteiger partial charge in [-0.2, -0.15) is 0 Å². The first-order chi connectivity index (χ1) is 18.2. The zero-order valence-electron chi connectivity index (χ0n) is 22.1. The zero-order chi connectivity index (χ0) is 27.8. The fourth-order valence-electron chi connectivity index (χ4n) is 4.36. The van der Waals surface area contributed by atoms with Crippen molar-refractivity contribution in [3.8, 4) is 5.75 Å². The number of ether oxygens (including phenoxy) is 1. The first kappa shape index (κ1) is 29.1. The highest BCUT2D eigenvalue weighted by Gasteiger charge is 2.33. The van der Waals surface area contributed by atoms with Crippen molar-refractivity contribution in [1.29, 1.82) is 0 Å². The molecule has 1 aliphatic heterocycles. The summed E-state index contributed by atoms with van der Waals surface area (Å²) in [4.78, 5) is 40.0. The number of benzene rings is 1.